The highest BCUT2D eigenvalue weighted by Gasteiger charge is 2.30. The van der Waals surface area contributed by atoms with Gasteiger partial charge < -0.3 is 0 Å². The molecule has 2 rings (SSSR count). The zero-order valence-electron chi connectivity index (χ0n) is 8.40. The maximum atomic E-state index is 2.55. The van der Waals surface area contributed by atoms with Gasteiger partial charge in [-0.25, -0.2) is 0 Å². The topological polar surface area (TPSA) is 3.24 Å². The van der Waals surface area contributed by atoms with E-state index in [0.717, 1.165) is 0 Å². The van der Waals surface area contributed by atoms with Crippen LogP contribution in [-0.4, -0.2) is 17.5 Å². The summed E-state index contributed by atoms with van der Waals surface area (Å²) in [6, 6.07) is 12.2. The number of hydrogen-bond donors (Lipinski definition) is 0. The third-order valence-corrected chi connectivity index (χ3v) is 2.91. The molecular weight excluding hydrogens is 158 g/mol. The van der Waals surface area contributed by atoms with Gasteiger partial charge in [-0.3, -0.25) is 4.90 Å². The zero-order chi connectivity index (χ0) is 9.26. The van der Waals surface area contributed by atoms with Crippen molar-refractivity contribution in [3.05, 3.63) is 35.9 Å². The van der Waals surface area contributed by atoms with Gasteiger partial charge in [-0.2, -0.15) is 0 Å². The second-order valence-electron chi connectivity index (χ2n) is 4.05. The van der Waals surface area contributed by atoms with E-state index in [9.17, 15) is 0 Å². The molecule has 1 heteroatoms. The van der Waals surface area contributed by atoms with Crippen LogP contribution >= 0.6 is 0 Å². The Kier molecular flexibility index (Phi) is 2.36. The first-order chi connectivity index (χ1) is 6.29. The maximum absolute atomic E-state index is 2.55. The molecule has 0 radical (unpaired) electrons. The summed E-state index contributed by atoms with van der Waals surface area (Å²) in [5.41, 5.74) is 1.47. The normalized spacial score (nSPS) is 23.2. The van der Waals surface area contributed by atoms with Crippen molar-refractivity contribution >= 4 is 0 Å². The van der Waals surface area contributed by atoms with E-state index in [0.29, 0.717) is 12.1 Å². The fourth-order valence-corrected chi connectivity index (χ4v) is 2.06. The molecule has 1 saturated heterocycles. The van der Waals surface area contributed by atoms with Crippen molar-refractivity contribution in [3.63, 3.8) is 0 Å². The minimum Gasteiger partial charge on any atom is -0.294 e. The van der Waals surface area contributed by atoms with E-state index in [1.54, 1.807) is 0 Å². The van der Waals surface area contributed by atoms with Crippen molar-refractivity contribution in [1.82, 2.24) is 4.90 Å². The Morgan fingerprint density at radius 3 is 2.38 bits per heavy atom. The molecule has 1 aliphatic heterocycles. The fraction of sp³-hybridized carbons (Fsp3) is 0.500. The van der Waals surface area contributed by atoms with E-state index in [4.69, 9.17) is 0 Å². The molecule has 0 aromatic heterocycles. The third-order valence-electron chi connectivity index (χ3n) is 2.91. The molecule has 0 spiro atoms. The van der Waals surface area contributed by atoms with Crippen LogP contribution in [0.4, 0.5) is 0 Å². The smallest absolute Gasteiger partial charge is 0.0363 e. The molecule has 1 fully saturated rings. The van der Waals surface area contributed by atoms with Crippen molar-refractivity contribution in [2.24, 2.45) is 0 Å². The molecule has 1 aromatic rings. The van der Waals surface area contributed by atoms with Gasteiger partial charge >= 0.3 is 0 Å². The Balaban J connectivity index is 2.11. The van der Waals surface area contributed by atoms with E-state index in [1.165, 1.54) is 18.5 Å². The van der Waals surface area contributed by atoms with Gasteiger partial charge in [-0.1, -0.05) is 30.3 Å². The molecule has 1 atom stereocenters. The van der Waals surface area contributed by atoms with Gasteiger partial charge in [0, 0.05) is 18.6 Å². The minimum atomic E-state index is 0.680. The molecule has 0 bridgehead atoms. The van der Waals surface area contributed by atoms with Gasteiger partial charge in [-0.05, 0) is 25.8 Å². The Morgan fingerprint density at radius 2 is 1.92 bits per heavy atom. The summed E-state index contributed by atoms with van der Waals surface area (Å²) in [7, 11) is 0. The van der Waals surface area contributed by atoms with Crippen LogP contribution in [-0.2, 0) is 0 Å². The van der Waals surface area contributed by atoms with Crippen molar-refractivity contribution in [3.8, 4) is 0 Å². The van der Waals surface area contributed by atoms with Crippen molar-refractivity contribution in [1.29, 1.82) is 0 Å². The van der Waals surface area contributed by atoms with Gasteiger partial charge in [0.1, 0.15) is 0 Å². The van der Waals surface area contributed by atoms with Gasteiger partial charge in [0.2, 0.25) is 0 Å². The SMILES string of the molecule is CC(C)N1CCC1c1ccccc1. The lowest BCUT2D eigenvalue weighted by atomic mass is 9.93. The average molecular weight is 175 g/mol. The highest BCUT2D eigenvalue weighted by atomic mass is 15.2. The molecule has 0 amide bonds. The van der Waals surface area contributed by atoms with Crippen LogP contribution in [0.1, 0.15) is 31.9 Å². The summed E-state index contributed by atoms with van der Waals surface area (Å²) < 4.78 is 0. The Hall–Kier alpha value is -0.820. The molecule has 0 N–H and O–H groups in total. The van der Waals surface area contributed by atoms with Crippen LogP contribution in [0.5, 0.6) is 0 Å². The lowest BCUT2D eigenvalue weighted by Crippen LogP contribution is -2.45. The van der Waals surface area contributed by atoms with E-state index in [2.05, 4.69) is 49.1 Å². The summed E-state index contributed by atoms with van der Waals surface area (Å²) in [4.78, 5) is 2.55. The minimum absolute atomic E-state index is 0.680. The van der Waals surface area contributed by atoms with Crippen LogP contribution in [0, 0.1) is 0 Å². The molecule has 1 nitrogen and oxygen atoms in total. The molecule has 0 saturated carbocycles. The summed E-state index contributed by atoms with van der Waals surface area (Å²) in [5, 5.41) is 0. The molecule has 13 heavy (non-hydrogen) atoms. The largest absolute Gasteiger partial charge is 0.294 e. The fourth-order valence-electron chi connectivity index (χ4n) is 2.06. The summed E-state index contributed by atoms with van der Waals surface area (Å²) in [6.45, 7) is 5.81. The number of hydrogen-bond acceptors (Lipinski definition) is 1. The van der Waals surface area contributed by atoms with Crippen LogP contribution in [0.15, 0.2) is 30.3 Å². The molecule has 1 unspecified atom stereocenters. The molecule has 70 valence electrons. The first-order valence-corrected chi connectivity index (χ1v) is 5.09. The van der Waals surface area contributed by atoms with E-state index >= 15 is 0 Å². The van der Waals surface area contributed by atoms with E-state index in [-0.39, 0.29) is 0 Å². The van der Waals surface area contributed by atoms with Gasteiger partial charge in [0.15, 0.2) is 0 Å². The predicted octanol–water partition coefficient (Wildman–Crippen LogP) is 2.84. The second kappa shape index (κ2) is 3.51. The standard InChI is InChI=1S/C12H17N/c1-10(2)13-9-8-12(13)11-6-4-3-5-7-11/h3-7,10,12H,8-9H2,1-2H3. The predicted molar refractivity (Wildman–Crippen MR) is 55.6 cm³/mol. The zero-order valence-corrected chi connectivity index (χ0v) is 8.40. The summed E-state index contributed by atoms with van der Waals surface area (Å²) in [6.07, 6.45) is 1.32. The van der Waals surface area contributed by atoms with Crippen molar-refractivity contribution in [2.45, 2.75) is 32.4 Å². The first kappa shape index (κ1) is 8.76. The molecule has 1 heterocycles. The number of likely N-dealkylation sites (tertiary alicyclic amines) is 1. The highest BCUT2D eigenvalue weighted by molar-refractivity contribution is 5.21. The van der Waals surface area contributed by atoms with Gasteiger partial charge in [-0.15, -0.1) is 0 Å². The third kappa shape index (κ3) is 1.61. The lowest BCUT2D eigenvalue weighted by molar-refractivity contribution is 0.0560. The number of benzene rings is 1. The number of rotatable bonds is 2. The Morgan fingerprint density at radius 1 is 1.23 bits per heavy atom. The quantitative estimate of drug-likeness (QED) is 0.668. The van der Waals surface area contributed by atoms with Crippen LogP contribution in [0.3, 0.4) is 0 Å². The average Bonchev–Trinajstić information content (AvgIpc) is 2.02. The van der Waals surface area contributed by atoms with E-state index < -0.39 is 0 Å². The molecular formula is C12H17N. The van der Waals surface area contributed by atoms with E-state index in [1.807, 2.05) is 0 Å². The van der Waals surface area contributed by atoms with Crippen LogP contribution in [0.25, 0.3) is 0 Å². The maximum Gasteiger partial charge on any atom is 0.0363 e. The van der Waals surface area contributed by atoms with Gasteiger partial charge in [0.25, 0.3) is 0 Å². The lowest BCUT2D eigenvalue weighted by Gasteiger charge is -2.44. The second-order valence-corrected chi connectivity index (χ2v) is 4.05. The Bertz CT molecular complexity index is 266. The van der Waals surface area contributed by atoms with Crippen LogP contribution < -0.4 is 0 Å². The number of nitrogens with zero attached hydrogens (tertiary/aromatic N) is 1. The highest BCUT2D eigenvalue weighted by Crippen LogP contribution is 2.34. The molecule has 0 aliphatic carbocycles. The Labute approximate surface area is 80.4 Å². The molecule has 1 aliphatic rings. The van der Waals surface area contributed by atoms with Crippen LogP contribution in [0.2, 0.25) is 0 Å². The summed E-state index contributed by atoms with van der Waals surface area (Å²) in [5.74, 6) is 0. The monoisotopic (exact) mass is 175 g/mol. The van der Waals surface area contributed by atoms with Crippen molar-refractivity contribution < 1.29 is 0 Å². The van der Waals surface area contributed by atoms with Gasteiger partial charge in [0.05, 0.1) is 0 Å². The van der Waals surface area contributed by atoms with Crippen molar-refractivity contribution in [2.75, 3.05) is 6.54 Å². The first-order valence-electron chi connectivity index (χ1n) is 5.09. The summed E-state index contributed by atoms with van der Waals surface area (Å²) >= 11 is 0. The molecule has 1 aromatic carbocycles.